The average Bonchev–Trinajstić information content (AvgIpc) is 1.80. The van der Waals surface area contributed by atoms with Crippen LogP contribution in [0.4, 0.5) is 10.1 Å². The van der Waals surface area contributed by atoms with E-state index in [1.807, 2.05) is 0 Å². The molecule has 0 aliphatic rings. The Balaban J connectivity index is 0.000000810. The first-order valence-electron chi connectivity index (χ1n) is 2.44. The van der Waals surface area contributed by atoms with Crippen LogP contribution >= 0.6 is 12.6 Å². The van der Waals surface area contributed by atoms with Crippen LogP contribution in [0.2, 0.25) is 0 Å². The summed E-state index contributed by atoms with van der Waals surface area (Å²) in [6.45, 7) is 0. The summed E-state index contributed by atoms with van der Waals surface area (Å²) in [5, 5.41) is 0. The van der Waals surface area contributed by atoms with E-state index in [4.69, 9.17) is 5.73 Å². The zero-order valence-corrected chi connectivity index (χ0v) is 9.65. The minimum absolute atomic E-state index is 0. The first-order valence-corrected chi connectivity index (χ1v) is 2.89. The molecule has 0 aliphatic carbocycles. The summed E-state index contributed by atoms with van der Waals surface area (Å²) in [6.07, 6.45) is 0. The molecule has 0 amide bonds. The number of nitrogen functional groups attached to an aromatic ring is 1. The molecule has 1 rings (SSSR count). The summed E-state index contributed by atoms with van der Waals surface area (Å²) >= 11 is 3.95. The van der Waals surface area contributed by atoms with Crippen LogP contribution in [0.1, 0.15) is 0 Å². The van der Waals surface area contributed by atoms with Gasteiger partial charge < -0.3 is 5.73 Å². The number of rotatable bonds is 0. The molecule has 1 radical (unpaired) electrons. The van der Waals surface area contributed by atoms with Gasteiger partial charge in [0.2, 0.25) is 0 Å². The van der Waals surface area contributed by atoms with Crippen LogP contribution in [0.3, 0.4) is 0 Å². The van der Waals surface area contributed by atoms with E-state index in [-0.39, 0.29) is 57.2 Å². The maximum Gasteiger partial charge on any atom is 0.125 e. The van der Waals surface area contributed by atoms with Gasteiger partial charge in [0.25, 0.3) is 0 Å². The molecule has 1 aromatic carbocycles. The molecule has 0 spiro atoms. The van der Waals surface area contributed by atoms with Gasteiger partial charge in [-0.3, -0.25) is 0 Å². The van der Waals surface area contributed by atoms with E-state index in [2.05, 4.69) is 12.6 Å². The quantitative estimate of drug-likeness (QED) is 0.353. The topological polar surface area (TPSA) is 26.0 Å². The molecule has 0 unspecified atom stereocenters. The number of thiol groups is 1. The number of nitrogens with two attached hydrogens (primary N) is 1. The van der Waals surface area contributed by atoms with Gasteiger partial charge in [0.05, 0.1) is 0 Å². The second-order valence-corrected chi connectivity index (χ2v) is 2.18. The molecule has 0 saturated heterocycles. The largest absolute Gasteiger partial charge is 0.398 e. The molecule has 0 aromatic heterocycles. The van der Waals surface area contributed by atoms with Crippen molar-refractivity contribution in [2.24, 2.45) is 0 Å². The summed E-state index contributed by atoms with van der Waals surface area (Å²) < 4.78 is 12.2. The first-order chi connectivity index (χ1) is 4.20. The van der Waals surface area contributed by atoms with E-state index in [0.717, 1.165) is 0 Å². The van der Waals surface area contributed by atoms with Crippen LogP contribution < -0.4 is 5.73 Å². The first kappa shape index (κ1) is 10.9. The molecule has 0 saturated carbocycles. The molecule has 2 N–H and O–H groups in total. The molecule has 0 fully saturated rings. The Morgan fingerprint density at radius 2 is 2.00 bits per heavy atom. The van der Waals surface area contributed by atoms with Crippen molar-refractivity contribution < 1.29 is 4.39 Å². The third-order valence-electron chi connectivity index (χ3n) is 0.990. The van der Waals surface area contributed by atoms with E-state index in [1.54, 1.807) is 0 Å². The van der Waals surface area contributed by atoms with Gasteiger partial charge in [0.1, 0.15) is 5.82 Å². The Hall–Kier alpha value is 0.936. The summed E-state index contributed by atoms with van der Waals surface area (Å²) in [5.41, 5.74) is 5.68. The fourth-order valence-corrected chi connectivity index (χ4v) is 0.664. The molecular formula is C6H6FKNS. The predicted molar refractivity (Wildman–Crippen MR) is 43.8 cm³/mol. The minimum Gasteiger partial charge on any atom is -0.398 e. The minimum atomic E-state index is -0.328. The SMILES string of the molecule is Nc1cc(F)ccc1S.[K]. The number of hydrogen-bond acceptors (Lipinski definition) is 2. The molecule has 0 atom stereocenters. The second kappa shape index (κ2) is 4.74. The van der Waals surface area contributed by atoms with Crippen LogP contribution in [0.15, 0.2) is 23.1 Å². The van der Waals surface area contributed by atoms with Gasteiger partial charge >= 0.3 is 0 Å². The van der Waals surface area contributed by atoms with Gasteiger partial charge in [-0.1, -0.05) is 0 Å². The van der Waals surface area contributed by atoms with Crippen molar-refractivity contribution >= 4 is 69.7 Å². The van der Waals surface area contributed by atoms with E-state index in [0.29, 0.717) is 10.6 Å². The summed E-state index contributed by atoms with van der Waals surface area (Å²) in [4.78, 5) is 0.608. The smallest absolute Gasteiger partial charge is 0.125 e. The standard InChI is InChI=1S/C6H6FNS.K/c7-4-1-2-6(9)5(8)3-4;/h1-3,9H,8H2;. The Morgan fingerprint density at radius 1 is 1.40 bits per heavy atom. The van der Waals surface area contributed by atoms with Crippen LogP contribution in [-0.4, -0.2) is 51.4 Å². The normalized spacial score (nSPS) is 8.60. The summed E-state index contributed by atoms with van der Waals surface area (Å²) in [7, 11) is 0. The van der Waals surface area contributed by atoms with E-state index >= 15 is 0 Å². The van der Waals surface area contributed by atoms with Gasteiger partial charge in [-0.2, -0.15) is 0 Å². The summed E-state index contributed by atoms with van der Waals surface area (Å²) in [5.74, 6) is -0.328. The molecule has 4 heteroatoms. The van der Waals surface area contributed by atoms with Crippen LogP contribution in [0.5, 0.6) is 0 Å². The molecule has 10 heavy (non-hydrogen) atoms. The Kier molecular flexibility index (Phi) is 5.19. The van der Waals surface area contributed by atoms with Gasteiger partial charge in [-0.25, -0.2) is 4.39 Å². The maximum atomic E-state index is 12.2. The molecule has 0 bridgehead atoms. The molecule has 0 heterocycles. The molecule has 1 nitrogen and oxygen atoms in total. The zero-order chi connectivity index (χ0) is 6.85. The van der Waals surface area contributed by atoms with Gasteiger partial charge in [0, 0.05) is 62.0 Å². The third kappa shape index (κ3) is 2.90. The molecule has 0 aliphatic heterocycles. The number of halogens is 1. The number of benzene rings is 1. The molecule has 1 aromatic rings. The zero-order valence-electron chi connectivity index (χ0n) is 5.63. The molecular weight excluding hydrogens is 176 g/mol. The van der Waals surface area contributed by atoms with Crippen molar-refractivity contribution in [2.75, 3.05) is 5.73 Å². The van der Waals surface area contributed by atoms with Crippen LogP contribution in [0.25, 0.3) is 0 Å². The third-order valence-corrected chi connectivity index (χ3v) is 1.40. The maximum absolute atomic E-state index is 12.2. The van der Waals surface area contributed by atoms with Crippen molar-refractivity contribution in [1.29, 1.82) is 0 Å². The van der Waals surface area contributed by atoms with E-state index in [9.17, 15) is 4.39 Å². The van der Waals surface area contributed by atoms with Crippen molar-refractivity contribution in [3.05, 3.63) is 24.0 Å². The van der Waals surface area contributed by atoms with Crippen molar-refractivity contribution in [3.63, 3.8) is 0 Å². The van der Waals surface area contributed by atoms with Gasteiger partial charge in [-0.05, 0) is 18.2 Å². The van der Waals surface area contributed by atoms with Crippen LogP contribution in [0, 0.1) is 5.82 Å². The Bertz CT molecular complexity index is 229. The summed E-state index contributed by atoms with van der Waals surface area (Å²) in [6, 6.07) is 4.08. The molecule has 49 valence electrons. The van der Waals surface area contributed by atoms with Crippen LogP contribution in [-0.2, 0) is 0 Å². The predicted octanol–water partition coefficient (Wildman–Crippen LogP) is 1.32. The Morgan fingerprint density at radius 3 is 2.40 bits per heavy atom. The van der Waals surface area contributed by atoms with Gasteiger partial charge in [0.15, 0.2) is 0 Å². The fourth-order valence-electron chi connectivity index (χ4n) is 0.525. The monoisotopic (exact) mass is 182 g/mol. The average molecular weight is 182 g/mol. The van der Waals surface area contributed by atoms with Gasteiger partial charge in [-0.15, -0.1) is 12.6 Å². The fraction of sp³-hybridized carbons (Fsp3) is 0. The van der Waals surface area contributed by atoms with E-state index in [1.165, 1.54) is 18.2 Å². The second-order valence-electron chi connectivity index (χ2n) is 1.70. The van der Waals surface area contributed by atoms with E-state index < -0.39 is 0 Å². The Labute approximate surface area is 107 Å². The number of hydrogen-bond donors (Lipinski definition) is 2. The van der Waals surface area contributed by atoms with Crippen molar-refractivity contribution in [3.8, 4) is 0 Å². The van der Waals surface area contributed by atoms with Crippen molar-refractivity contribution in [2.45, 2.75) is 4.90 Å². The van der Waals surface area contributed by atoms with Crippen molar-refractivity contribution in [1.82, 2.24) is 0 Å². The number of anilines is 1.